The molecule has 0 aromatic heterocycles. The van der Waals surface area contributed by atoms with E-state index >= 15 is 0 Å². The van der Waals surface area contributed by atoms with Crippen LogP contribution in [0.4, 0.5) is 0 Å². The highest BCUT2D eigenvalue weighted by atomic mass is 16.4. The zero-order valence-corrected chi connectivity index (χ0v) is 13.5. The van der Waals surface area contributed by atoms with Crippen LogP contribution in [0.2, 0.25) is 0 Å². The van der Waals surface area contributed by atoms with Crippen LogP contribution in [0.15, 0.2) is 78.9 Å². The molecule has 25 heavy (non-hydrogen) atoms. The van der Waals surface area contributed by atoms with Crippen molar-refractivity contribution in [3.63, 3.8) is 0 Å². The highest BCUT2D eigenvalue weighted by Crippen LogP contribution is 2.31. The van der Waals surface area contributed by atoms with E-state index in [2.05, 4.69) is 0 Å². The summed E-state index contributed by atoms with van der Waals surface area (Å²) in [6.45, 7) is 0. The Morgan fingerprint density at radius 1 is 0.800 bits per heavy atom. The molecule has 0 spiro atoms. The summed E-state index contributed by atoms with van der Waals surface area (Å²) in [6.07, 6.45) is 0. The maximum atomic E-state index is 11.5. The zero-order valence-electron chi connectivity index (χ0n) is 13.5. The van der Waals surface area contributed by atoms with Gasteiger partial charge in [-0.15, -0.1) is 0 Å². The summed E-state index contributed by atoms with van der Waals surface area (Å²) in [5, 5.41) is 19.1. The number of aliphatic carboxylic acids is 1. The molecule has 0 amide bonds. The quantitative estimate of drug-likeness (QED) is 0.666. The van der Waals surface area contributed by atoms with E-state index in [1.807, 2.05) is 54.6 Å². The molecule has 0 fully saturated rings. The fourth-order valence-corrected chi connectivity index (χ4v) is 2.98. The van der Waals surface area contributed by atoms with Gasteiger partial charge in [0.25, 0.3) is 0 Å². The minimum atomic E-state index is -1.11. The normalized spacial score (nSPS) is 13.2. The van der Waals surface area contributed by atoms with E-state index in [0.29, 0.717) is 5.56 Å². The molecule has 3 aromatic carbocycles. The molecule has 3 rings (SSSR count). The summed E-state index contributed by atoms with van der Waals surface area (Å²) in [5.41, 5.74) is 9.54. The molecule has 126 valence electrons. The van der Waals surface area contributed by atoms with Gasteiger partial charge in [0.1, 0.15) is 11.8 Å². The first-order valence-corrected chi connectivity index (χ1v) is 7.99. The van der Waals surface area contributed by atoms with Crippen LogP contribution in [-0.2, 0) is 4.79 Å². The highest BCUT2D eigenvalue weighted by Gasteiger charge is 2.27. The van der Waals surface area contributed by atoms with Crippen molar-refractivity contribution in [3.05, 3.63) is 90.0 Å². The average molecular weight is 333 g/mol. The Labute approximate surface area is 146 Å². The van der Waals surface area contributed by atoms with Crippen LogP contribution < -0.4 is 5.73 Å². The van der Waals surface area contributed by atoms with Crippen molar-refractivity contribution in [1.29, 1.82) is 0 Å². The number of carbonyl (C=O) groups is 1. The average Bonchev–Trinajstić information content (AvgIpc) is 2.63. The monoisotopic (exact) mass is 333 g/mol. The Kier molecular flexibility index (Phi) is 4.82. The van der Waals surface area contributed by atoms with Crippen LogP contribution >= 0.6 is 0 Å². The Hall–Kier alpha value is -3.11. The van der Waals surface area contributed by atoms with Crippen molar-refractivity contribution in [3.8, 4) is 16.9 Å². The molecule has 0 aliphatic heterocycles. The van der Waals surface area contributed by atoms with Crippen LogP contribution in [0, 0.1) is 0 Å². The fraction of sp³-hybridized carbons (Fsp3) is 0.0952. The van der Waals surface area contributed by atoms with Crippen LogP contribution in [0.25, 0.3) is 11.1 Å². The Bertz CT molecular complexity index is 860. The molecule has 0 unspecified atom stereocenters. The molecule has 0 aliphatic carbocycles. The molecule has 0 aliphatic rings. The summed E-state index contributed by atoms with van der Waals surface area (Å²) in [6, 6.07) is 23.1. The largest absolute Gasteiger partial charge is 0.508 e. The van der Waals surface area contributed by atoms with Crippen molar-refractivity contribution in [1.82, 2.24) is 0 Å². The SMILES string of the molecule is N[C@@H](C(=O)O)[C@@H](c1ccc(-c2ccccc2)cc1)c1cccc(O)c1. The lowest BCUT2D eigenvalue weighted by molar-refractivity contribution is -0.138. The molecule has 0 radical (unpaired) electrons. The third kappa shape index (κ3) is 3.70. The topological polar surface area (TPSA) is 83.6 Å². The van der Waals surface area contributed by atoms with Gasteiger partial charge >= 0.3 is 5.97 Å². The Balaban J connectivity index is 2.00. The number of phenolic OH excluding ortho intramolecular Hbond substituents is 1. The Morgan fingerprint density at radius 2 is 1.44 bits per heavy atom. The lowest BCUT2D eigenvalue weighted by Crippen LogP contribution is -2.37. The molecular formula is C21H19NO3. The maximum Gasteiger partial charge on any atom is 0.321 e. The number of aromatic hydroxyl groups is 1. The molecule has 0 saturated heterocycles. The molecular weight excluding hydrogens is 314 g/mol. The summed E-state index contributed by atoms with van der Waals surface area (Å²) in [5.74, 6) is -1.55. The standard InChI is InChI=1S/C21H19NO3/c22-20(21(24)25)19(17-7-4-8-18(23)13-17)16-11-9-15(10-12-16)14-5-2-1-3-6-14/h1-13,19-20,23H,22H2,(H,24,25)/t19-,20+/m0/s1. The van der Waals surface area contributed by atoms with Gasteiger partial charge in [0.15, 0.2) is 0 Å². The smallest absolute Gasteiger partial charge is 0.321 e. The number of carboxylic acids is 1. The van der Waals surface area contributed by atoms with Gasteiger partial charge in [-0.05, 0) is 34.4 Å². The van der Waals surface area contributed by atoms with Gasteiger partial charge in [0.05, 0.1) is 0 Å². The number of phenols is 1. The molecule has 4 nitrogen and oxygen atoms in total. The van der Waals surface area contributed by atoms with Crippen molar-refractivity contribution in [2.24, 2.45) is 5.73 Å². The number of hydrogen-bond acceptors (Lipinski definition) is 3. The van der Waals surface area contributed by atoms with E-state index in [4.69, 9.17) is 5.73 Å². The van der Waals surface area contributed by atoms with Gasteiger partial charge in [-0.3, -0.25) is 4.79 Å². The van der Waals surface area contributed by atoms with Gasteiger partial charge in [-0.1, -0.05) is 66.7 Å². The summed E-state index contributed by atoms with van der Waals surface area (Å²) < 4.78 is 0. The third-order valence-electron chi connectivity index (χ3n) is 4.25. The fourth-order valence-electron chi connectivity index (χ4n) is 2.98. The number of hydrogen-bond donors (Lipinski definition) is 3. The maximum absolute atomic E-state index is 11.5. The van der Waals surface area contributed by atoms with E-state index in [-0.39, 0.29) is 5.75 Å². The first-order chi connectivity index (χ1) is 12.1. The van der Waals surface area contributed by atoms with Crippen LogP contribution in [0.3, 0.4) is 0 Å². The van der Waals surface area contributed by atoms with Gasteiger partial charge in [0.2, 0.25) is 0 Å². The third-order valence-corrected chi connectivity index (χ3v) is 4.25. The van der Waals surface area contributed by atoms with Crippen molar-refractivity contribution in [2.45, 2.75) is 12.0 Å². The van der Waals surface area contributed by atoms with Crippen LogP contribution in [-0.4, -0.2) is 22.2 Å². The molecule has 0 saturated carbocycles. The van der Waals surface area contributed by atoms with E-state index in [1.165, 1.54) is 0 Å². The lowest BCUT2D eigenvalue weighted by atomic mass is 9.84. The van der Waals surface area contributed by atoms with Gasteiger partial charge in [0, 0.05) is 5.92 Å². The second-order valence-corrected chi connectivity index (χ2v) is 5.92. The van der Waals surface area contributed by atoms with Crippen molar-refractivity contribution < 1.29 is 15.0 Å². The highest BCUT2D eigenvalue weighted by molar-refractivity contribution is 5.76. The van der Waals surface area contributed by atoms with Gasteiger partial charge in [-0.25, -0.2) is 0 Å². The molecule has 4 heteroatoms. The molecule has 2 atom stereocenters. The van der Waals surface area contributed by atoms with Crippen molar-refractivity contribution >= 4 is 5.97 Å². The summed E-state index contributed by atoms with van der Waals surface area (Å²) >= 11 is 0. The lowest BCUT2D eigenvalue weighted by Gasteiger charge is -2.22. The molecule has 4 N–H and O–H groups in total. The number of nitrogens with two attached hydrogens (primary N) is 1. The first kappa shape index (κ1) is 16.7. The second-order valence-electron chi connectivity index (χ2n) is 5.92. The molecule has 0 heterocycles. The first-order valence-electron chi connectivity index (χ1n) is 7.99. The minimum absolute atomic E-state index is 0.0843. The predicted molar refractivity (Wildman–Crippen MR) is 97.4 cm³/mol. The van der Waals surface area contributed by atoms with Crippen LogP contribution in [0.1, 0.15) is 17.0 Å². The summed E-state index contributed by atoms with van der Waals surface area (Å²) in [7, 11) is 0. The van der Waals surface area contributed by atoms with Gasteiger partial charge < -0.3 is 15.9 Å². The molecule has 0 bridgehead atoms. The van der Waals surface area contributed by atoms with E-state index in [0.717, 1.165) is 16.7 Å². The van der Waals surface area contributed by atoms with Crippen LogP contribution in [0.5, 0.6) is 5.75 Å². The van der Waals surface area contributed by atoms with Gasteiger partial charge in [-0.2, -0.15) is 0 Å². The minimum Gasteiger partial charge on any atom is -0.508 e. The number of benzene rings is 3. The number of rotatable bonds is 5. The van der Waals surface area contributed by atoms with Crippen molar-refractivity contribution in [2.75, 3.05) is 0 Å². The second kappa shape index (κ2) is 7.20. The molecule has 3 aromatic rings. The Morgan fingerprint density at radius 3 is 2.04 bits per heavy atom. The predicted octanol–water partition coefficient (Wildman–Crippen LogP) is 3.60. The zero-order chi connectivity index (χ0) is 17.8. The summed E-state index contributed by atoms with van der Waals surface area (Å²) in [4.78, 5) is 11.5. The van der Waals surface area contributed by atoms with E-state index in [1.54, 1.807) is 24.3 Å². The van der Waals surface area contributed by atoms with E-state index in [9.17, 15) is 15.0 Å². The van der Waals surface area contributed by atoms with E-state index < -0.39 is 17.9 Å². The number of carboxylic acid groups (broad SMARTS) is 1.